The molecule has 3 aromatic carbocycles. The van der Waals surface area contributed by atoms with Crippen molar-refractivity contribution in [2.75, 3.05) is 4.72 Å². The van der Waals surface area contributed by atoms with Gasteiger partial charge in [0, 0.05) is 23.1 Å². The van der Waals surface area contributed by atoms with Crippen LogP contribution in [0.25, 0.3) is 5.69 Å². The summed E-state index contributed by atoms with van der Waals surface area (Å²) in [6.07, 6.45) is 3.45. The molecule has 0 saturated heterocycles. The number of carbonyl (C=O) groups is 1. The molecule has 1 heterocycles. The van der Waals surface area contributed by atoms with Crippen LogP contribution in [0.3, 0.4) is 0 Å². The second-order valence-corrected chi connectivity index (χ2v) is 12.8. The van der Waals surface area contributed by atoms with Gasteiger partial charge in [0.2, 0.25) is 0 Å². The van der Waals surface area contributed by atoms with E-state index in [0.717, 1.165) is 23.7 Å². The zero-order valence-corrected chi connectivity index (χ0v) is 25.0. The highest BCUT2D eigenvalue weighted by Crippen LogP contribution is 2.25. The van der Waals surface area contributed by atoms with E-state index in [0.29, 0.717) is 23.4 Å². The predicted octanol–water partition coefficient (Wildman–Crippen LogP) is 5.03. The summed E-state index contributed by atoms with van der Waals surface area (Å²) >= 11 is 3.54. The average Bonchev–Trinajstić information content (AvgIpc) is 3.04. The Kier molecular flexibility index (Phi) is 7.74. The predicted molar refractivity (Wildman–Crippen MR) is 160 cm³/mol. The smallest absolute Gasteiger partial charge is 0.296 e. The Morgan fingerprint density at radius 3 is 2.50 bits per heavy atom. The Morgan fingerprint density at radius 1 is 1.00 bits per heavy atom. The van der Waals surface area contributed by atoms with Gasteiger partial charge in [-0.2, -0.15) is 0 Å². The van der Waals surface area contributed by atoms with Crippen molar-refractivity contribution in [1.29, 1.82) is 0 Å². The van der Waals surface area contributed by atoms with Gasteiger partial charge in [0.05, 0.1) is 16.3 Å². The molecule has 208 valence electrons. The zero-order valence-electron chi connectivity index (χ0n) is 22.6. The lowest BCUT2D eigenvalue weighted by Gasteiger charge is -2.18. The fraction of sp³-hybridized carbons (Fsp3) is 0.267. The van der Waals surface area contributed by atoms with Crippen LogP contribution in [0.4, 0.5) is 5.69 Å². The van der Waals surface area contributed by atoms with Gasteiger partial charge in [-0.3, -0.25) is 19.0 Å². The molecule has 1 aliphatic rings. The molecule has 0 bridgehead atoms. The molecule has 1 atom stereocenters. The molecule has 2 N–H and O–H groups in total. The molecule has 0 radical (unpaired) electrons. The van der Waals surface area contributed by atoms with Crippen molar-refractivity contribution < 1.29 is 13.2 Å². The highest BCUT2D eigenvalue weighted by Gasteiger charge is 2.25. The second kappa shape index (κ2) is 11.1. The van der Waals surface area contributed by atoms with Crippen molar-refractivity contribution in [3.8, 4) is 5.69 Å². The first-order valence-corrected chi connectivity index (χ1v) is 15.4. The number of aryl methyl sites for hydroxylation is 2. The van der Waals surface area contributed by atoms with Crippen molar-refractivity contribution in [2.24, 2.45) is 7.05 Å². The van der Waals surface area contributed by atoms with Crippen molar-refractivity contribution in [3.63, 3.8) is 0 Å². The molecule has 1 unspecified atom stereocenters. The van der Waals surface area contributed by atoms with Crippen LogP contribution in [0.2, 0.25) is 0 Å². The summed E-state index contributed by atoms with van der Waals surface area (Å²) in [4.78, 5) is 26.5. The number of halogens is 1. The lowest BCUT2D eigenvalue weighted by atomic mass is 10.0. The molecule has 0 fully saturated rings. The van der Waals surface area contributed by atoms with Crippen LogP contribution in [-0.2, 0) is 29.9 Å². The molecule has 10 heteroatoms. The van der Waals surface area contributed by atoms with Gasteiger partial charge in [0.15, 0.2) is 0 Å². The Balaban J connectivity index is 1.40. The van der Waals surface area contributed by atoms with Gasteiger partial charge in [-0.05, 0) is 92.6 Å². The fourth-order valence-corrected chi connectivity index (χ4v) is 6.76. The molecule has 5 rings (SSSR count). The summed E-state index contributed by atoms with van der Waals surface area (Å²) in [6.45, 7) is 3.45. The second-order valence-electron chi connectivity index (χ2n) is 10.2. The number of aromatic nitrogens is 2. The van der Waals surface area contributed by atoms with E-state index in [1.165, 1.54) is 27.9 Å². The van der Waals surface area contributed by atoms with Crippen LogP contribution >= 0.6 is 15.9 Å². The number of hydrogen-bond donors (Lipinski definition) is 2. The van der Waals surface area contributed by atoms with E-state index >= 15 is 0 Å². The number of benzene rings is 3. The van der Waals surface area contributed by atoms with Gasteiger partial charge in [0.1, 0.15) is 5.69 Å². The zero-order chi connectivity index (χ0) is 28.6. The maximum atomic E-state index is 13.4. The summed E-state index contributed by atoms with van der Waals surface area (Å²) in [5, 5.41) is 3.13. The Morgan fingerprint density at radius 2 is 1.75 bits per heavy atom. The van der Waals surface area contributed by atoms with Crippen LogP contribution in [-0.4, -0.2) is 29.7 Å². The highest BCUT2D eigenvalue weighted by molar-refractivity contribution is 9.10. The topological polar surface area (TPSA) is 102 Å². The van der Waals surface area contributed by atoms with Crippen molar-refractivity contribution in [3.05, 3.63) is 110 Å². The molecule has 0 aliphatic heterocycles. The molecule has 0 spiro atoms. The summed E-state index contributed by atoms with van der Waals surface area (Å²) in [6, 6.07) is 19.6. The maximum absolute atomic E-state index is 13.4. The summed E-state index contributed by atoms with van der Waals surface area (Å²) in [5.74, 6) is -0.319. The van der Waals surface area contributed by atoms with Gasteiger partial charge in [0.25, 0.3) is 21.5 Å². The SMILES string of the molecule is Cc1ccc(S(=O)(=O)Nc2c(C)n(C)n(-c3ccccc3)c2=O)cc1C(=O)NC1CCCc2ccc(Br)cc2C1. The lowest BCUT2D eigenvalue weighted by molar-refractivity contribution is 0.0934. The minimum absolute atomic E-state index is 0.0405. The number of para-hydroxylation sites is 1. The van der Waals surface area contributed by atoms with Gasteiger partial charge < -0.3 is 5.32 Å². The summed E-state index contributed by atoms with van der Waals surface area (Å²) in [5.41, 5.74) is 3.99. The molecular formula is C30H31BrN4O4S. The van der Waals surface area contributed by atoms with Crippen molar-refractivity contribution >= 4 is 37.5 Å². The minimum Gasteiger partial charge on any atom is -0.349 e. The number of sulfonamides is 1. The third kappa shape index (κ3) is 5.51. The highest BCUT2D eigenvalue weighted by atomic mass is 79.9. The van der Waals surface area contributed by atoms with E-state index in [1.807, 2.05) is 12.1 Å². The van der Waals surface area contributed by atoms with Crippen molar-refractivity contribution in [1.82, 2.24) is 14.7 Å². The number of nitrogens with one attached hydrogen (secondary N) is 2. The maximum Gasteiger partial charge on any atom is 0.296 e. The number of nitrogens with zero attached hydrogens (tertiary/aromatic N) is 2. The summed E-state index contributed by atoms with van der Waals surface area (Å²) in [7, 11) is -2.47. The number of carbonyl (C=O) groups excluding carboxylic acids is 1. The Labute approximate surface area is 242 Å². The van der Waals surface area contributed by atoms with Gasteiger partial charge in [-0.25, -0.2) is 13.1 Å². The quantitative estimate of drug-likeness (QED) is 0.294. The van der Waals surface area contributed by atoms with Crippen LogP contribution in [0, 0.1) is 13.8 Å². The molecule has 1 aromatic heterocycles. The van der Waals surface area contributed by atoms with Crippen LogP contribution in [0.1, 0.15) is 45.6 Å². The molecular weight excluding hydrogens is 592 g/mol. The lowest BCUT2D eigenvalue weighted by Crippen LogP contribution is -2.36. The van der Waals surface area contributed by atoms with Crippen LogP contribution < -0.4 is 15.6 Å². The van der Waals surface area contributed by atoms with Gasteiger partial charge >= 0.3 is 0 Å². The number of hydrogen-bond acceptors (Lipinski definition) is 4. The first kappa shape index (κ1) is 27.9. The number of anilines is 1. The Bertz CT molecular complexity index is 1760. The third-order valence-electron chi connectivity index (χ3n) is 7.52. The van der Waals surface area contributed by atoms with Crippen LogP contribution in [0.15, 0.2) is 80.9 Å². The van der Waals surface area contributed by atoms with Gasteiger partial charge in [-0.15, -0.1) is 0 Å². The van der Waals surface area contributed by atoms with Gasteiger partial charge in [-0.1, -0.05) is 46.3 Å². The molecule has 4 aromatic rings. The van der Waals surface area contributed by atoms with Crippen LogP contribution in [0.5, 0.6) is 0 Å². The van der Waals surface area contributed by atoms with E-state index in [2.05, 4.69) is 38.1 Å². The van der Waals surface area contributed by atoms with Crippen molar-refractivity contribution in [2.45, 2.75) is 50.5 Å². The standard InChI is InChI=1S/C30H31BrN4O4S/c1-19-12-15-26(18-27(19)29(36)32-24-9-7-8-21-13-14-23(31)16-22(21)17-24)40(38,39)33-28-20(2)34(3)35(30(28)37)25-10-5-4-6-11-25/h4-6,10-16,18,24,33H,7-9,17H2,1-3H3,(H,32,36). The largest absolute Gasteiger partial charge is 0.349 e. The van der Waals surface area contributed by atoms with E-state index < -0.39 is 15.6 Å². The average molecular weight is 624 g/mol. The monoisotopic (exact) mass is 622 g/mol. The first-order valence-electron chi connectivity index (χ1n) is 13.1. The van der Waals surface area contributed by atoms with E-state index in [-0.39, 0.29) is 28.1 Å². The molecule has 8 nitrogen and oxygen atoms in total. The summed E-state index contributed by atoms with van der Waals surface area (Å²) < 4.78 is 33.4. The molecule has 0 saturated carbocycles. The molecule has 40 heavy (non-hydrogen) atoms. The molecule has 1 amide bonds. The third-order valence-corrected chi connectivity index (χ3v) is 9.36. The minimum atomic E-state index is -4.16. The normalized spacial score (nSPS) is 15.2. The van der Waals surface area contributed by atoms with E-state index in [9.17, 15) is 18.0 Å². The number of amides is 1. The first-order chi connectivity index (χ1) is 19.0. The van der Waals surface area contributed by atoms with E-state index in [1.54, 1.807) is 55.9 Å². The van der Waals surface area contributed by atoms with E-state index in [4.69, 9.17) is 0 Å². The number of rotatable bonds is 6. The molecule has 1 aliphatic carbocycles. The Hall–Kier alpha value is -3.63. The number of fused-ring (bicyclic) bond motifs is 1. The fourth-order valence-electron chi connectivity index (χ4n) is 5.21.